The van der Waals surface area contributed by atoms with Crippen LogP contribution in [-0.2, 0) is 19.0 Å². The fourth-order valence-electron chi connectivity index (χ4n) is 12.3. The highest BCUT2D eigenvalue weighted by Crippen LogP contribution is 2.75. The van der Waals surface area contributed by atoms with Crippen LogP contribution in [0, 0.1) is 50.2 Å². The molecule has 3 N–H and O–H groups in total. The van der Waals surface area contributed by atoms with Crippen molar-refractivity contribution < 1.29 is 34.3 Å². The summed E-state index contributed by atoms with van der Waals surface area (Å²) < 4.78 is 17.9. The molecule has 5 fully saturated rings. The van der Waals surface area contributed by atoms with Gasteiger partial charge in [-0.1, -0.05) is 53.2 Å². The molecule has 6 aliphatic rings. The van der Waals surface area contributed by atoms with Crippen LogP contribution in [0.15, 0.2) is 11.6 Å². The molecule has 0 aromatic heterocycles. The molecule has 7 nitrogen and oxygen atoms in total. The lowest BCUT2D eigenvalue weighted by molar-refractivity contribution is -0.297. The number of hydrogen-bond acceptors (Lipinski definition) is 7. The fourth-order valence-corrected chi connectivity index (χ4v) is 12.3. The molecule has 0 amide bonds. The first-order valence-electron chi connectivity index (χ1n) is 17.6. The van der Waals surface area contributed by atoms with Crippen LogP contribution in [0.5, 0.6) is 0 Å². The highest BCUT2D eigenvalue weighted by atomic mass is 16.7. The summed E-state index contributed by atoms with van der Waals surface area (Å²) in [6.45, 7) is 16.8. The maximum absolute atomic E-state index is 13.0. The normalized spacial score (nSPS) is 53.3. The molecular weight excluding hydrogens is 556 g/mol. The van der Waals surface area contributed by atoms with Gasteiger partial charge in [0.1, 0.15) is 12.2 Å². The first kappa shape index (κ1) is 32.9. The summed E-state index contributed by atoms with van der Waals surface area (Å²) in [7, 11) is 1.54. The summed E-state index contributed by atoms with van der Waals surface area (Å²) in [5.41, 5.74) is 1.88. The number of fused-ring (bicyclic) bond motifs is 7. The van der Waals surface area contributed by atoms with E-state index in [1.165, 1.54) is 19.3 Å². The third-order valence-corrected chi connectivity index (χ3v) is 15.5. The van der Waals surface area contributed by atoms with Crippen molar-refractivity contribution in [3.8, 4) is 0 Å². The van der Waals surface area contributed by atoms with Gasteiger partial charge in [0.05, 0.1) is 31.3 Å². The summed E-state index contributed by atoms with van der Waals surface area (Å²) in [4.78, 5) is 13.0. The van der Waals surface area contributed by atoms with Crippen molar-refractivity contribution in [3.05, 3.63) is 11.6 Å². The lowest BCUT2D eigenvalue weighted by Crippen LogP contribution is -2.65. The van der Waals surface area contributed by atoms with E-state index in [-0.39, 0.29) is 52.2 Å². The minimum absolute atomic E-state index is 0.0179. The zero-order chi connectivity index (χ0) is 32.1. The molecule has 44 heavy (non-hydrogen) atoms. The van der Waals surface area contributed by atoms with Crippen LogP contribution in [-0.4, -0.2) is 65.7 Å². The number of hydrogen-bond donors (Lipinski definition) is 3. The smallest absolute Gasteiger partial charge is 0.311 e. The molecule has 0 aromatic rings. The summed E-state index contributed by atoms with van der Waals surface area (Å²) in [5.74, 6) is 1.45. The van der Waals surface area contributed by atoms with E-state index >= 15 is 0 Å². The molecular formula is C37H60O7. The maximum Gasteiger partial charge on any atom is 0.311 e. The van der Waals surface area contributed by atoms with Crippen LogP contribution in [0.2, 0.25) is 0 Å². The second-order valence-corrected chi connectivity index (χ2v) is 17.8. The van der Waals surface area contributed by atoms with Crippen molar-refractivity contribution in [2.75, 3.05) is 13.7 Å². The molecule has 13 atom stereocenters. The molecule has 1 saturated heterocycles. The van der Waals surface area contributed by atoms with E-state index in [2.05, 4.69) is 54.5 Å². The van der Waals surface area contributed by atoms with Crippen LogP contribution >= 0.6 is 0 Å². The number of aliphatic hydroxyl groups is 3. The van der Waals surface area contributed by atoms with E-state index in [9.17, 15) is 20.1 Å². The van der Waals surface area contributed by atoms with Gasteiger partial charge in [0, 0.05) is 6.42 Å². The number of rotatable bonds is 4. The van der Waals surface area contributed by atoms with Gasteiger partial charge in [-0.3, -0.25) is 4.79 Å². The lowest BCUT2D eigenvalue weighted by Gasteiger charge is -2.71. The highest BCUT2D eigenvalue weighted by Gasteiger charge is 2.68. The van der Waals surface area contributed by atoms with Gasteiger partial charge in [-0.05, 0) is 116 Å². The third kappa shape index (κ3) is 4.56. The number of methoxy groups -OCH3 is 1. The van der Waals surface area contributed by atoms with E-state index < -0.39 is 30.0 Å². The predicted molar refractivity (Wildman–Crippen MR) is 168 cm³/mol. The van der Waals surface area contributed by atoms with Crippen LogP contribution in [0.3, 0.4) is 0 Å². The maximum atomic E-state index is 13.0. The second-order valence-electron chi connectivity index (χ2n) is 17.8. The van der Waals surface area contributed by atoms with Crippen molar-refractivity contribution in [2.24, 2.45) is 50.2 Å². The molecule has 0 radical (unpaired) electrons. The minimum Gasteiger partial charge on any atom is -0.469 e. The second kappa shape index (κ2) is 10.8. The molecule has 4 saturated carbocycles. The van der Waals surface area contributed by atoms with E-state index in [4.69, 9.17) is 14.2 Å². The number of carbonyl (C=O) groups is 1. The van der Waals surface area contributed by atoms with Crippen molar-refractivity contribution in [1.82, 2.24) is 0 Å². The molecule has 1 unspecified atom stereocenters. The molecule has 6 rings (SSSR count). The molecule has 0 bridgehead atoms. The van der Waals surface area contributed by atoms with E-state index in [0.717, 1.165) is 44.9 Å². The molecule has 0 spiro atoms. The van der Waals surface area contributed by atoms with Gasteiger partial charge in [-0.25, -0.2) is 0 Å². The Hall–Kier alpha value is -0.990. The standard InChI is InChI=1S/C37H60O7/c1-32(2)26-11-14-37(7)27(35(26,5)13-12-28(32)44-29-19-24(39)30(40)25(21-38)43-29)10-9-22-23-20-34(4,31(41)42-8)16-15-33(23,3)17-18-36(22,37)6/h9,23-30,38-40H,10-21H2,1-8H3/t23-,24-,25-,26?,27+,28-,29-,30+,33+,34-,35-,36+,37+/m0/s1. The average molecular weight is 617 g/mol. The molecule has 0 aromatic carbocycles. The number of esters is 1. The van der Waals surface area contributed by atoms with Gasteiger partial charge < -0.3 is 29.5 Å². The first-order valence-corrected chi connectivity index (χ1v) is 17.6. The van der Waals surface area contributed by atoms with E-state index in [0.29, 0.717) is 17.8 Å². The average Bonchev–Trinajstić information content (AvgIpc) is 2.97. The third-order valence-electron chi connectivity index (χ3n) is 15.5. The Morgan fingerprint density at radius 1 is 0.955 bits per heavy atom. The van der Waals surface area contributed by atoms with Gasteiger partial charge in [0.25, 0.3) is 0 Å². The zero-order valence-electron chi connectivity index (χ0n) is 28.7. The van der Waals surface area contributed by atoms with Gasteiger partial charge in [-0.15, -0.1) is 0 Å². The molecule has 5 aliphatic carbocycles. The largest absolute Gasteiger partial charge is 0.469 e. The summed E-state index contributed by atoms with van der Waals surface area (Å²) >= 11 is 0. The van der Waals surface area contributed by atoms with Crippen molar-refractivity contribution in [1.29, 1.82) is 0 Å². The molecule has 1 aliphatic heterocycles. The molecule has 1 heterocycles. The zero-order valence-corrected chi connectivity index (χ0v) is 28.7. The van der Waals surface area contributed by atoms with Gasteiger partial charge in [-0.2, -0.15) is 0 Å². The number of allylic oxidation sites excluding steroid dienone is 2. The quantitative estimate of drug-likeness (QED) is 0.197. The van der Waals surface area contributed by atoms with Crippen molar-refractivity contribution in [3.63, 3.8) is 0 Å². The van der Waals surface area contributed by atoms with Crippen molar-refractivity contribution >= 4 is 5.97 Å². The van der Waals surface area contributed by atoms with Crippen LogP contribution in [0.4, 0.5) is 0 Å². The fraction of sp³-hybridized carbons (Fsp3) is 0.919. The molecule has 250 valence electrons. The number of carbonyl (C=O) groups excluding carboxylic acids is 1. The monoisotopic (exact) mass is 616 g/mol. The van der Waals surface area contributed by atoms with E-state index in [1.54, 1.807) is 12.7 Å². The Morgan fingerprint density at radius 2 is 1.66 bits per heavy atom. The van der Waals surface area contributed by atoms with Crippen LogP contribution < -0.4 is 0 Å². The Labute approximate surface area is 265 Å². The van der Waals surface area contributed by atoms with Crippen molar-refractivity contribution in [2.45, 2.75) is 150 Å². The Morgan fingerprint density at radius 3 is 2.34 bits per heavy atom. The summed E-state index contributed by atoms with van der Waals surface area (Å²) in [6, 6.07) is 0. The van der Waals surface area contributed by atoms with Crippen LogP contribution in [0.1, 0.15) is 119 Å². The Bertz CT molecular complexity index is 1170. The van der Waals surface area contributed by atoms with Gasteiger partial charge in [0.2, 0.25) is 0 Å². The van der Waals surface area contributed by atoms with Gasteiger partial charge >= 0.3 is 5.97 Å². The van der Waals surface area contributed by atoms with Gasteiger partial charge in [0.15, 0.2) is 6.29 Å². The molecule has 7 heteroatoms. The topological polar surface area (TPSA) is 105 Å². The van der Waals surface area contributed by atoms with Crippen LogP contribution in [0.25, 0.3) is 0 Å². The highest BCUT2D eigenvalue weighted by molar-refractivity contribution is 5.76. The summed E-state index contributed by atoms with van der Waals surface area (Å²) in [6.07, 6.45) is 10.2. The predicted octanol–water partition coefficient (Wildman–Crippen LogP) is 6.18. The Balaban J connectivity index is 1.27. The summed E-state index contributed by atoms with van der Waals surface area (Å²) in [5, 5.41) is 30.3. The lowest BCUT2D eigenvalue weighted by atomic mass is 9.33. The minimum atomic E-state index is -1.09. The Kier molecular flexibility index (Phi) is 8.06. The SMILES string of the molecule is COC(=O)[C@@]1(C)CC[C@]2(C)CC[C@]3(C)C(=CC[C@@H]4[C@@]5(C)CC[C@H](O[C@H]6C[C@H](O)[C@@H](O)[C@H](CO)O6)C(C)(C)C5CC[C@]43C)[C@@H]2C1. The number of aliphatic hydroxyl groups excluding tert-OH is 3. The van der Waals surface area contributed by atoms with E-state index in [1.807, 2.05) is 0 Å². The first-order chi connectivity index (χ1) is 20.5. The number of ether oxygens (including phenoxy) is 3.